The zero-order valence-electron chi connectivity index (χ0n) is 17.6. The molecule has 0 unspecified atom stereocenters. The molecule has 4 heterocycles. The van der Waals surface area contributed by atoms with Crippen molar-refractivity contribution < 1.29 is 0 Å². The summed E-state index contributed by atoms with van der Waals surface area (Å²) in [4.78, 5) is 25.3. The van der Waals surface area contributed by atoms with Crippen LogP contribution in [0, 0.1) is 0 Å². The van der Waals surface area contributed by atoms with Gasteiger partial charge in [-0.25, -0.2) is 9.97 Å². The van der Waals surface area contributed by atoms with E-state index in [0.29, 0.717) is 35.9 Å². The number of nitrogens with zero attached hydrogens (tertiary/aromatic N) is 6. The Bertz CT molecular complexity index is 1650. The average molecular weight is 423 g/mol. The number of rotatable bonds is 5. The van der Waals surface area contributed by atoms with Gasteiger partial charge in [-0.15, -0.1) is 0 Å². The van der Waals surface area contributed by atoms with Crippen molar-refractivity contribution in [2.45, 2.75) is 26.4 Å². The standard InChI is InChI=1S/C24H21N7O/c1-2-10-31-23(32)20-22(30-11-9-25-24(30)31)28-21(27-20)19-13-26-29(15-19)14-16-7-8-17-5-3-4-6-18(17)12-16/h3-9,11-13,15H,2,10,14H2,1H3,(H,27,28). The quantitative estimate of drug-likeness (QED) is 0.456. The summed E-state index contributed by atoms with van der Waals surface area (Å²) in [6.07, 6.45) is 8.08. The third-order valence-corrected chi connectivity index (χ3v) is 5.75. The largest absolute Gasteiger partial charge is 0.332 e. The van der Waals surface area contributed by atoms with Gasteiger partial charge in [0, 0.05) is 25.1 Å². The van der Waals surface area contributed by atoms with Crippen LogP contribution in [0.4, 0.5) is 0 Å². The fourth-order valence-electron chi connectivity index (χ4n) is 4.23. The van der Waals surface area contributed by atoms with Gasteiger partial charge in [0.2, 0.25) is 5.78 Å². The zero-order chi connectivity index (χ0) is 21.7. The number of fused-ring (bicyclic) bond motifs is 4. The van der Waals surface area contributed by atoms with Gasteiger partial charge in [-0.2, -0.15) is 5.10 Å². The molecule has 0 aliphatic rings. The van der Waals surface area contributed by atoms with Crippen LogP contribution in [0.1, 0.15) is 18.9 Å². The lowest BCUT2D eigenvalue weighted by molar-refractivity contribution is 0.663. The van der Waals surface area contributed by atoms with Crippen LogP contribution in [0.25, 0.3) is 39.1 Å². The van der Waals surface area contributed by atoms with Crippen molar-refractivity contribution in [2.24, 2.45) is 0 Å². The van der Waals surface area contributed by atoms with Crippen LogP contribution in [0.2, 0.25) is 0 Å². The second kappa shape index (κ2) is 7.19. The van der Waals surface area contributed by atoms with Gasteiger partial charge in [0.1, 0.15) is 5.82 Å². The number of imidazole rings is 2. The molecule has 8 nitrogen and oxygen atoms in total. The Labute approximate surface area is 182 Å². The lowest BCUT2D eigenvalue weighted by atomic mass is 10.1. The molecule has 0 fully saturated rings. The number of H-pyrrole nitrogens is 1. The summed E-state index contributed by atoms with van der Waals surface area (Å²) < 4.78 is 5.42. The number of aromatic nitrogens is 7. The van der Waals surface area contributed by atoms with Gasteiger partial charge < -0.3 is 4.98 Å². The lowest BCUT2D eigenvalue weighted by Gasteiger charge is -2.05. The summed E-state index contributed by atoms with van der Waals surface area (Å²) in [6.45, 7) is 3.30. The summed E-state index contributed by atoms with van der Waals surface area (Å²) >= 11 is 0. The Morgan fingerprint density at radius 3 is 2.84 bits per heavy atom. The Balaban J connectivity index is 1.38. The maximum Gasteiger partial charge on any atom is 0.280 e. The Morgan fingerprint density at radius 1 is 1.09 bits per heavy atom. The molecule has 0 saturated heterocycles. The molecule has 6 rings (SSSR count). The van der Waals surface area contributed by atoms with Gasteiger partial charge >= 0.3 is 0 Å². The van der Waals surface area contributed by atoms with Gasteiger partial charge in [-0.05, 0) is 28.8 Å². The molecule has 0 aliphatic carbocycles. The first-order valence-corrected chi connectivity index (χ1v) is 10.7. The number of benzene rings is 2. The highest BCUT2D eigenvalue weighted by molar-refractivity contribution is 5.83. The molecule has 0 bridgehead atoms. The molecule has 0 spiro atoms. The predicted octanol–water partition coefficient (Wildman–Crippen LogP) is 3.85. The predicted molar refractivity (Wildman–Crippen MR) is 124 cm³/mol. The fraction of sp³-hybridized carbons (Fsp3) is 0.167. The van der Waals surface area contributed by atoms with Crippen molar-refractivity contribution in [1.82, 2.24) is 33.7 Å². The molecule has 32 heavy (non-hydrogen) atoms. The summed E-state index contributed by atoms with van der Waals surface area (Å²) in [5, 5.41) is 6.95. The maximum atomic E-state index is 13.0. The van der Waals surface area contributed by atoms with Crippen LogP contribution < -0.4 is 5.56 Å². The van der Waals surface area contributed by atoms with Crippen molar-refractivity contribution in [3.05, 3.63) is 83.2 Å². The van der Waals surface area contributed by atoms with Crippen LogP contribution in [0.15, 0.2) is 72.0 Å². The van der Waals surface area contributed by atoms with E-state index in [2.05, 4.69) is 45.4 Å². The lowest BCUT2D eigenvalue weighted by Crippen LogP contribution is -2.23. The third-order valence-electron chi connectivity index (χ3n) is 5.75. The van der Waals surface area contributed by atoms with Crippen molar-refractivity contribution in [1.29, 1.82) is 0 Å². The van der Waals surface area contributed by atoms with E-state index < -0.39 is 0 Å². The highest BCUT2D eigenvalue weighted by Crippen LogP contribution is 2.21. The molecule has 0 amide bonds. The molecule has 0 saturated carbocycles. The first-order valence-electron chi connectivity index (χ1n) is 10.7. The zero-order valence-corrected chi connectivity index (χ0v) is 17.6. The topological polar surface area (TPSA) is 85.8 Å². The van der Waals surface area contributed by atoms with Crippen LogP contribution >= 0.6 is 0 Å². The minimum atomic E-state index is -0.108. The number of aromatic amines is 1. The first kappa shape index (κ1) is 18.6. The molecule has 2 aromatic carbocycles. The van der Waals surface area contributed by atoms with Crippen LogP contribution in [0.3, 0.4) is 0 Å². The van der Waals surface area contributed by atoms with Crippen LogP contribution in [0.5, 0.6) is 0 Å². The van der Waals surface area contributed by atoms with E-state index in [1.807, 2.05) is 40.5 Å². The van der Waals surface area contributed by atoms with Gasteiger partial charge in [-0.1, -0.05) is 43.3 Å². The van der Waals surface area contributed by atoms with E-state index in [0.717, 1.165) is 12.0 Å². The third kappa shape index (κ3) is 2.91. The van der Waals surface area contributed by atoms with Crippen LogP contribution in [-0.4, -0.2) is 33.7 Å². The van der Waals surface area contributed by atoms with E-state index in [9.17, 15) is 4.79 Å². The van der Waals surface area contributed by atoms with E-state index >= 15 is 0 Å². The summed E-state index contributed by atoms with van der Waals surface area (Å²) in [6, 6.07) is 14.8. The van der Waals surface area contributed by atoms with Gasteiger partial charge in [0.05, 0.1) is 18.3 Å². The Hall–Kier alpha value is -4.20. The van der Waals surface area contributed by atoms with E-state index in [4.69, 9.17) is 4.98 Å². The molecular weight excluding hydrogens is 402 g/mol. The molecular formula is C24H21N7O. The van der Waals surface area contributed by atoms with Crippen molar-refractivity contribution in [2.75, 3.05) is 0 Å². The van der Waals surface area contributed by atoms with Crippen molar-refractivity contribution in [3.8, 4) is 11.4 Å². The SMILES string of the molecule is CCCn1c(=O)c2[nH]c(-c3cnn(Cc4ccc5ccccc5c4)c3)nc2n2ccnc12. The number of hydrogen-bond donors (Lipinski definition) is 1. The molecule has 4 aromatic heterocycles. The summed E-state index contributed by atoms with van der Waals surface area (Å²) in [5.74, 6) is 1.22. The Morgan fingerprint density at radius 2 is 1.97 bits per heavy atom. The number of aryl methyl sites for hydroxylation is 1. The van der Waals surface area contributed by atoms with Gasteiger partial charge in [0.25, 0.3) is 5.56 Å². The van der Waals surface area contributed by atoms with Crippen molar-refractivity contribution in [3.63, 3.8) is 0 Å². The van der Waals surface area contributed by atoms with Crippen LogP contribution in [-0.2, 0) is 13.1 Å². The Kier molecular flexibility index (Phi) is 4.17. The molecule has 0 radical (unpaired) electrons. The highest BCUT2D eigenvalue weighted by Gasteiger charge is 2.17. The minimum Gasteiger partial charge on any atom is -0.332 e. The molecule has 8 heteroatoms. The molecule has 0 atom stereocenters. The number of hydrogen-bond acceptors (Lipinski definition) is 4. The smallest absolute Gasteiger partial charge is 0.280 e. The highest BCUT2D eigenvalue weighted by atomic mass is 16.1. The first-order chi connectivity index (χ1) is 15.7. The molecule has 6 aromatic rings. The molecule has 1 N–H and O–H groups in total. The second-order valence-corrected chi connectivity index (χ2v) is 7.95. The normalized spacial score (nSPS) is 11.8. The monoisotopic (exact) mass is 423 g/mol. The minimum absolute atomic E-state index is 0.108. The van der Waals surface area contributed by atoms with E-state index in [1.54, 1.807) is 17.0 Å². The van der Waals surface area contributed by atoms with Gasteiger partial charge in [0.15, 0.2) is 11.2 Å². The number of nitrogens with one attached hydrogen (secondary N) is 1. The molecule has 158 valence electrons. The fourth-order valence-corrected chi connectivity index (χ4v) is 4.23. The van der Waals surface area contributed by atoms with E-state index in [1.165, 1.54) is 16.3 Å². The summed E-state index contributed by atoms with van der Waals surface area (Å²) in [5.41, 5.74) is 2.94. The van der Waals surface area contributed by atoms with Gasteiger partial charge in [-0.3, -0.25) is 18.4 Å². The van der Waals surface area contributed by atoms with E-state index in [-0.39, 0.29) is 5.56 Å². The average Bonchev–Trinajstić information content (AvgIpc) is 3.55. The molecule has 0 aliphatic heterocycles. The summed E-state index contributed by atoms with van der Waals surface area (Å²) in [7, 11) is 0. The second-order valence-electron chi connectivity index (χ2n) is 7.95. The maximum absolute atomic E-state index is 13.0. The van der Waals surface area contributed by atoms with Crippen molar-refractivity contribution >= 4 is 27.7 Å².